The van der Waals surface area contributed by atoms with Gasteiger partial charge in [0.1, 0.15) is 18.0 Å². The molecular weight excluding hydrogens is 244 g/mol. The highest BCUT2D eigenvalue weighted by Gasteiger charge is 2.09. The number of anilines is 2. The number of nitrogens with one attached hydrogen (secondary N) is 1. The van der Waals surface area contributed by atoms with Crippen LogP contribution in [-0.2, 0) is 20.6 Å². The molecule has 3 N–H and O–H groups in total. The van der Waals surface area contributed by atoms with Crippen LogP contribution in [0.15, 0.2) is 18.7 Å². The van der Waals surface area contributed by atoms with Crippen LogP contribution in [-0.4, -0.2) is 29.5 Å². The Morgan fingerprint density at radius 3 is 2.68 bits per heavy atom. The molecule has 8 heteroatoms. The Kier molecular flexibility index (Phi) is 2.55. The zero-order chi connectivity index (χ0) is 13.4. The van der Waals surface area contributed by atoms with Gasteiger partial charge in [-0.25, -0.2) is 9.97 Å². The zero-order valence-electron chi connectivity index (χ0n) is 10.7. The van der Waals surface area contributed by atoms with E-state index in [1.807, 2.05) is 14.1 Å². The molecule has 0 aromatic carbocycles. The predicted molar refractivity (Wildman–Crippen MR) is 71.3 cm³/mol. The molecule has 0 saturated carbocycles. The van der Waals surface area contributed by atoms with Gasteiger partial charge in [-0.1, -0.05) is 0 Å². The van der Waals surface area contributed by atoms with Crippen molar-refractivity contribution in [1.82, 2.24) is 29.5 Å². The predicted octanol–water partition coefficient (Wildman–Crippen LogP) is 0.291. The number of rotatable bonds is 3. The Morgan fingerprint density at radius 2 is 1.95 bits per heavy atom. The number of aromatic nitrogens is 6. The Balaban J connectivity index is 1.88. The minimum Gasteiger partial charge on any atom is -0.384 e. The van der Waals surface area contributed by atoms with Gasteiger partial charge in [-0.05, 0) is 0 Å². The Morgan fingerprint density at radius 1 is 1.16 bits per heavy atom. The van der Waals surface area contributed by atoms with Gasteiger partial charge in [0.25, 0.3) is 0 Å². The van der Waals surface area contributed by atoms with E-state index in [9.17, 15) is 0 Å². The summed E-state index contributed by atoms with van der Waals surface area (Å²) in [4.78, 5) is 8.41. The maximum atomic E-state index is 5.89. The molecule has 19 heavy (non-hydrogen) atoms. The second-order valence-corrected chi connectivity index (χ2v) is 4.26. The molecule has 0 aliphatic carbocycles. The lowest BCUT2D eigenvalue weighted by molar-refractivity contribution is 0.778. The number of nitrogens with two attached hydrogens (primary N) is 1. The minimum atomic E-state index is 0.556. The molecule has 98 valence electrons. The molecule has 3 aromatic rings. The van der Waals surface area contributed by atoms with E-state index in [0.717, 1.165) is 22.4 Å². The molecule has 0 spiro atoms. The fraction of sp³-hybridized carbons (Fsp3) is 0.273. The summed E-state index contributed by atoms with van der Waals surface area (Å²) in [7, 11) is 3.65. The van der Waals surface area contributed by atoms with Crippen molar-refractivity contribution in [2.45, 2.75) is 6.54 Å². The monoisotopic (exact) mass is 258 g/mol. The van der Waals surface area contributed by atoms with E-state index in [-0.39, 0.29) is 0 Å². The van der Waals surface area contributed by atoms with Crippen LogP contribution in [0.5, 0.6) is 0 Å². The summed E-state index contributed by atoms with van der Waals surface area (Å²) in [6, 6.07) is 0. The first-order valence-corrected chi connectivity index (χ1v) is 5.79. The average molecular weight is 258 g/mol. The lowest BCUT2D eigenvalue weighted by atomic mass is 10.3. The Bertz CT molecular complexity index is 725. The van der Waals surface area contributed by atoms with E-state index in [1.165, 1.54) is 6.33 Å². The number of aryl methyl sites for hydroxylation is 2. The fourth-order valence-electron chi connectivity index (χ4n) is 1.91. The van der Waals surface area contributed by atoms with Gasteiger partial charge in [-0.2, -0.15) is 10.2 Å². The van der Waals surface area contributed by atoms with Crippen molar-refractivity contribution in [2.24, 2.45) is 14.1 Å². The summed E-state index contributed by atoms with van der Waals surface area (Å²) in [5.41, 5.74) is 7.61. The van der Waals surface area contributed by atoms with E-state index >= 15 is 0 Å². The van der Waals surface area contributed by atoms with E-state index in [4.69, 9.17) is 5.73 Å². The molecule has 0 atom stereocenters. The number of fused-ring (bicyclic) bond motifs is 1. The number of nitrogens with zero attached hydrogens (tertiary/aromatic N) is 6. The normalized spacial score (nSPS) is 11.1. The molecule has 0 saturated heterocycles. The SMILES string of the molecule is Cn1ncc(CNc2ncnc3c2cnn3C)c1N. The van der Waals surface area contributed by atoms with Gasteiger partial charge in [0.2, 0.25) is 0 Å². The largest absolute Gasteiger partial charge is 0.384 e. The second-order valence-electron chi connectivity index (χ2n) is 4.26. The standard InChI is InChI=1S/C11H14N8/c1-18-9(12)7(4-16-18)3-13-10-8-5-17-19(2)11(8)15-6-14-10/h4-6H,3,12H2,1-2H3,(H,13,14,15). The van der Waals surface area contributed by atoms with Crippen LogP contribution < -0.4 is 11.1 Å². The third kappa shape index (κ3) is 1.86. The van der Waals surface area contributed by atoms with Crippen molar-refractivity contribution >= 4 is 22.7 Å². The molecule has 8 nitrogen and oxygen atoms in total. The zero-order valence-corrected chi connectivity index (χ0v) is 10.7. The number of hydrogen-bond acceptors (Lipinski definition) is 6. The number of hydrogen-bond donors (Lipinski definition) is 2. The van der Waals surface area contributed by atoms with E-state index in [0.29, 0.717) is 12.4 Å². The Labute approximate surface area is 109 Å². The first-order valence-electron chi connectivity index (χ1n) is 5.79. The van der Waals surface area contributed by atoms with Crippen LogP contribution in [0.1, 0.15) is 5.56 Å². The van der Waals surface area contributed by atoms with Gasteiger partial charge in [-0.3, -0.25) is 9.36 Å². The van der Waals surface area contributed by atoms with Gasteiger partial charge in [0, 0.05) is 26.2 Å². The third-order valence-corrected chi connectivity index (χ3v) is 3.04. The van der Waals surface area contributed by atoms with Crippen LogP contribution in [0.2, 0.25) is 0 Å². The average Bonchev–Trinajstić information content (AvgIpc) is 2.94. The molecule has 3 heterocycles. The van der Waals surface area contributed by atoms with E-state index in [2.05, 4.69) is 25.5 Å². The topological polar surface area (TPSA) is 99.5 Å². The van der Waals surface area contributed by atoms with Gasteiger partial charge in [0.05, 0.1) is 17.8 Å². The van der Waals surface area contributed by atoms with Crippen LogP contribution in [0.3, 0.4) is 0 Å². The molecule has 0 amide bonds. The molecule has 0 unspecified atom stereocenters. The van der Waals surface area contributed by atoms with Crippen molar-refractivity contribution in [2.75, 3.05) is 11.1 Å². The summed E-state index contributed by atoms with van der Waals surface area (Å²) in [5, 5.41) is 12.4. The fourth-order valence-corrected chi connectivity index (χ4v) is 1.91. The quantitative estimate of drug-likeness (QED) is 0.700. The highest BCUT2D eigenvalue weighted by atomic mass is 15.3. The maximum absolute atomic E-state index is 5.89. The summed E-state index contributed by atoms with van der Waals surface area (Å²) >= 11 is 0. The first kappa shape index (κ1) is 11.5. The van der Waals surface area contributed by atoms with Crippen LogP contribution in [0.4, 0.5) is 11.6 Å². The Hall–Kier alpha value is -2.64. The highest BCUT2D eigenvalue weighted by Crippen LogP contribution is 2.19. The molecule has 3 aromatic heterocycles. The third-order valence-electron chi connectivity index (χ3n) is 3.04. The van der Waals surface area contributed by atoms with Gasteiger partial charge in [-0.15, -0.1) is 0 Å². The maximum Gasteiger partial charge on any atom is 0.163 e. The summed E-state index contributed by atoms with van der Waals surface area (Å²) in [6.45, 7) is 0.556. The van der Waals surface area contributed by atoms with Crippen molar-refractivity contribution < 1.29 is 0 Å². The second kappa shape index (κ2) is 4.23. The summed E-state index contributed by atoms with van der Waals surface area (Å²) < 4.78 is 3.34. The molecular formula is C11H14N8. The molecule has 3 rings (SSSR count). The summed E-state index contributed by atoms with van der Waals surface area (Å²) in [6.07, 6.45) is 4.99. The molecule has 0 aliphatic rings. The van der Waals surface area contributed by atoms with E-state index in [1.54, 1.807) is 21.8 Å². The highest BCUT2D eigenvalue weighted by molar-refractivity contribution is 5.85. The van der Waals surface area contributed by atoms with E-state index < -0.39 is 0 Å². The van der Waals surface area contributed by atoms with Gasteiger partial charge >= 0.3 is 0 Å². The molecule has 0 aliphatic heterocycles. The van der Waals surface area contributed by atoms with Crippen molar-refractivity contribution in [1.29, 1.82) is 0 Å². The first-order chi connectivity index (χ1) is 9.16. The van der Waals surface area contributed by atoms with Crippen molar-refractivity contribution in [3.8, 4) is 0 Å². The van der Waals surface area contributed by atoms with Gasteiger partial charge < -0.3 is 11.1 Å². The van der Waals surface area contributed by atoms with Crippen molar-refractivity contribution in [3.05, 3.63) is 24.3 Å². The van der Waals surface area contributed by atoms with Crippen LogP contribution in [0.25, 0.3) is 11.0 Å². The van der Waals surface area contributed by atoms with Crippen LogP contribution in [0, 0.1) is 0 Å². The van der Waals surface area contributed by atoms with Gasteiger partial charge in [0.15, 0.2) is 5.65 Å². The molecule has 0 radical (unpaired) electrons. The molecule has 0 bridgehead atoms. The smallest absolute Gasteiger partial charge is 0.163 e. The summed E-state index contributed by atoms with van der Waals surface area (Å²) in [5.74, 6) is 1.38. The lowest BCUT2D eigenvalue weighted by Gasteiger charge is -2.05. The van der Waals surface area contributed by atoms with Crippen molar-refractivity contribution in [3.63, 3.8) is 0 Å². The lowest BCUT2D eigenvalue weighted by Crippen LogP contribution is -2.05. The van der Waals surface area contributed by atoms with Crippen LogP contribution >= 0.6 is 0 Å². The molecule has 0 fully saturated rings. The minimum absolute atomic E-state index is 0.556. The number of nitrogen functional groups attached to an aromatic ring is 1.